The lowest BCUT2D eigenvalue weighted by molar-refractivity contribution is -0.0410. The molecule has 5 heteroatoms. The Kier molecular flexibility index (Phi) is 2.54. The zero-order valence-corrected chi connectivity index (χ0v) is 8.34. The highest BCUT2D eigenvalue weighted by atomic mass is 35.5. The van der Waals surface area contributed by atoms with Crippen molar-refractivity contribution in [2.24, 2.45) is 0 Å². The van der Waals surface area contributed by atoms with Crippen LogP contribution in [-0.4, -0.2) is 34.5 Å². The average Bonchev–Trinajstić information content (AvgIpc) is 2.24. The van der Waals surface area contributed by atoms with E-state index in [-0.39, 0.29) is 11.6 Å². The van der Waals surface area contributed by atoms with Gasteiger partial charge in [0.2, 0.25) is 0 Å². The molecule has 0 unspecified atom stereocenters. The third-order valence-electron chi connectivity index (χ3n) is 2.05. The normalized spacial score (nSPS) is 26.1. The van der Waals surface area contributed by atoms with Crippen LogP contribution in [-0.2, 0) is 4.74 Å². The average molecular weight is 206 g/mol. The smallest absolute Gasteiger partial charge is 0.410 e. The van der Waals surface area contributed by atoms with Gasteiger partial charge in [-0.15, -0.1) is 0 Å². The zero-order chi connectivity index (χ0) is 10.2. The predicted molar refractivity (Wildman–Crippen MR) is 48.7 cm³/mol. The van der Waals surface area contributed by atoms with Crippen molar-refractivity contribution in [2.45, 2.75) is 25.6 Å². The van der Waals surface area contributed by atoms with E-state index in [1.165, 1.54) is 4.90 Å². The van der Waals surface area contributed by atoms with Gasteiger partial charge in [-0.1, -0.05) is 18.2 Å². The van der Waals surface area contributed by atoms with E-state index in [0.717, 1.165) is 0 Å². The monoisotopic (exact) mass is 205 g/mol. The van der Waals surface area contributed by atoms with Crippen LogP contribution in [0.2, 0.25) is 0 Å². The van der Waals surface area contributed by atoms with Crippen molar-refractivity contribution in [2.75, 3.05) is 6.61 Å². The molecule has 0 aromatic carbocycles. The lowest BCUT2D eigenvalue weighted by atomic mass is 10.2. The van der Waals surface area contributed by atoms with Crippen molar-refractivity contribution in [3.05, 3.63) is 11.6 Å². The molecule has 0 aliphatic carbocycles. The molecule has 1 atom stereocenters. The highest BCUT2D eigenvalue weighted by Crippen LogP contribution is 2.31. The number of carbonyl (C=O) groups is 1. The fourth-order valence-electron chi connectivity index (χ4n) is 1.40. The maximum absolute atomic E-state index is 10.9. The Bertz CT molecular complexity index is 252. The Morgan fingerprint density at radius 2 is 2.31 bits per heavy atom. The summed E-state index contributed by atoms with van der Waals surface area (Å²) in [6.07, 6.45) is -1.05. The number of rotatable bonds is 1. The lowest BCUT2D eigenvalue weighted by Crippen LogP contribution is -2.47. The number of carboxylic acid groups (broad SMARTS) is 1. The summed E-state index contributed by atoms with van der Waals surface area (Å²) in [5, 5.41) is 9.20. The summed E-state index contributed by atoms with van der Waals surface area (Å²) in [6, 6.07) is -0.450. The van der Waals surface area contributed by atoms with Gasteiger partial charge in [-0.2, -0.15) is 0 Å². The van der Waals surface area contributed by atoms with Crippen LogP contribution in [0.3, 0.4) is 0 Å². The van der Waals surface area contributed by atoms with Crippen LogP contribution < -0.4 is 0 Å². The summed E-state index contributed by atoms with van der Waals surface area (Å²) >= 11 is 5.67. The predicted octanol–water partition coefficient (Wildman–Crippen LogP) is 1.85. The van der Waals surface area contributed by atoms with Crippen LogP contribution in [0.25, 0.3) is 0 Å². The molecule has 1 amide bonds. The van der Waals surface area contributed by atoms with Gasteiger partial charge in [0.1, 0.15) is 5.72 Å². The van der Waals surface area contributed by atoms with Gasteiger partial charge in [0.25, 0.3) is 0 Å². The van der Waals surface area contributed by atoms with Crippen LogP contribution >= 0.6 is 11.6 Å². The highest BCUT2D eigenvalue weighted by Gasteiger charge is 2.44. The molecule has 1 saturated heterocycles. The molecule has 1 heterocycles. The number of amides is 1. The summed E-state index contributed by atoms with van der Waals surface area (Å²) in [5.41, 5.74) is -0.825. The van der Waals surface area contributed by atoms with Crippen LogP contribution in [0, 0.1) is 0 Å². The molecule has 1 rings (SSSR count). The van der Waals surface area contributed by atoms with E-state index in [1.54, 1.807) is 13.8 Å². The summed E-state index contributed by atoms with van der Waals surface area (Å²) in [6.45, 7) is 7.14. The molecule has 0 aromatic heterocycles. The molecule has 0 spiro atoms. The van der Waals surface area contributed by atoms with Crippen molar-refractivity contribution in [1.82, 2.24) is 4.90 Å². The molecule has 1 N–H and O–H groups in total. The first-order valence-corrected chi connectivity index (χ1v) is 4.24. The molecule has 0 aromatic rings. The third kappa shape index (κ3) is 1.78. The zero-order valence-electron chi connectivity index (χ0n) is 7.58. The fourth-order valence-corrected chi connectivity index (χ4v) is 1.56. The van der Waals surface area contributed by atoms with E-state index in [4.69, 9.17) is 21.4 Å². The van der Waals surface area contributed by atoms with E-state index in [2.05, 4.69) is 6.58 Å². The van der Waals surface area contributed by atoms with Gasteiger partial charge in [0, 0.05) is 5.03 Å². The van der Waals surface area contributed by atoms with Crippen LogP contribution in [0.1, 0.15) is 13.8 Å². The minimum absolute atomic E-state index is 0.266. The first kappa shape index (κ1) is 10.3. The van der Waals surface area contributed by atoms with Crippen molar-refractivity contribution in [3.63, 3.8) is 0 Å². The van der Waals surface area contributed by atoms with Crippen molar-refractivity contribution >= 4 is 17.7 Å². The molecule has 1 aliphatic rings. The van der Waals surface area contributed by atoms with Gasteiger partial charge >= 0.3 is 6.09 Å². The number of hydrogen-bond acceptors (Lipinski definition) is 2. The summed E-state index contributed by atoms with van der Waals surface area (Å²) in [5.74, 6) is 0. The lowest BCUT2D eigenvalue weighted by Gasteiger charge is -2.30. The molecular formula is C8H12ClNO3. The number of nitrogens with zero attached hydrogens (tertiary/aromatic N) is 1. The van der Waals surface area contributed by atoms with E-state index < -0.39 is 17.9 Å². The Labute approximate surface area is 81.7 Å². The Balaban J connectivity index is 2.92. The topological polar surface area (TPSA) is 49.8 Å². The second kappa shape index (κ2) is 3.20. The molecule has 1 aliphatic heterocycles. The van der Waals surface area contributed by atoms with Crippen LogP contribution in [0.5, 0.6) is 0 Å². The molecular weight excluding hydrogens is 194 g/mol. The molecule has 4 nitrogen and oxygen atoms in total. The molecule has 0 saturated carbocycles. The molecule has 13 heavy (non-hydrogen) atoms. The minimum Gasteiger partial charge on any atom is -0.465 e. The molecule has 0 radical (unpaired) electrons. The van der Waals surface area contributed by atoms with Gasteiger partial charge in [-0.05, 0) is 13.8 Å². The van der Waals surface area contributed by atoms with Gasteiger partial charge < -0.3 is 9.84 Å². The van der Waals surface area contributed by atoms with Crippen molar-refractivity contribution in [3.8, 4) is 0 Å². The summed E-state index contributed by atoms with van der Waals surface area (Å²) < 4.78 is 5.29. The Hall–Kier alpha value is -0.740. The van der Waals surface area contributed by atoms with Crippen molar-refractivity contribution < 1.29 is 14.6 Å². The third-order valence-corrected chi connectivity index (χ3v) is 2.31. The Morgan fingerprint density at radius 1 is 1.77 bits per heavy atom. The fraction of sp³-hybridized carbons (Fsp3) is 0.625. The number of ether oxygens (including phenoxy) is 1. The Morgan fingerprint density at radius 3 is 2.62 bits per heavy atom. The van der Waals surface area contributed by atoms with Crippen LogP contribution in [0.15, 0.2) is 11.6 Å². The van der Waals surface area contributed by atoms with E-state index in [9.17, 15) is 4.79 Å². The minimum atomic E-state index is -1.05. The first-order chi connectivity index (χ1) is 5.86. The standard InChI is InChI=1S/C8H12ClNO3/c1-5(9)6-4-13-8(2,3)10(6)7(11)12/h6H,1,4H2,2-3H3,(H,11,12)/t6-/m1/s1. The van der Waals surface area contributed by atoms with E-state index in [1.807, 2.05) is 0 Å². The van der Waals surface area contributed by atoms with Gasteiger partial charge in [0.05, 0.1) is 12.6 Å². The highest BCUT2D eigenvalue weighted by molar-refractivity contribution is 6.30. The summed E-state index contributed by atoms with van der Waals surface area (Å²) in [7, 11) is 0. The number of hydrogen-bond donors (Lipinski definition) is 1. The van der Waals surface area contributed by atoms with E-state index in [0.29, 0.717) is 0 Å². The van der Waals surface area contributed by atoms with Crippen molar-refractivity contribution in [1.29, 1.82) is 0 Å². The molecule has 0 bridgehead atoms. The maximum atomic E-state index is 10.9. The second-order valence-electron chi connectivity index (χ2n) is 3.37. The molecule has 74 valence electrons. The SMILES string of the molecule is C=C(Cl)[C@H]1COC(C)(C)N1C(=O)O. The maximum Gasteiger partial charge on any atom is 0.410 e. The quantitative estimate of drug-likeness (QED) is 0.711. The first-order valence-electron chi connectivity index (χ1n) is 3.87. The van der Waals surface area contributed by atoms with E-state index >= 15 is 0 Å². The largest absolute Gasteiger partial charge is 0.465 e. The van der Waals surface area contributed by atoms with Gasteiger partial charge in [-0.3, -0.25) is 4.90 Å². The summed E-state index contributed by atoms with van der Waals surface area (Å²) in [4.78, 5) is 12.0. The number of halogens is 1. The second-order valence-corrected chi connectivity index (χ2v) is 3.86. The molecule has 1 fully saturated rings. The van der Waals surface area contributed by atoms with Gasteiger partial charge in [-0.25, -0.2) is 4.79 Å². The van der Waals surface area contributed by atoms with Gasteiger partial charge in [0.15, 0.2) is 0 Å². The van der Waals surface area contributed by atoms with Crippen LogP contribution in [0.4, 0.5) is 4.79 Å².